The first-order valence-corrected chi connectivity index (χ1v) is 7.20. The molecular weight excluding hydrogens is 212 g/mol. The first-order valence-electron chi connectivity index (χ1n) is 7.20. The van der Waals surface area contributed by atoms with Crippen molar-refractivity contribution in [1.29, 1.82) is 0 Å². The van der Waals surface area contributed by atoms with Gasteiger partial charge in [0.25, 0.3) is 0 Å². The minimum absolute atomic E-state index is 0.0277. The molecule has 2 aliphatic rings. The lowest BCUT2D eigenvalue weighted by atomic mass is 9.77. The summed E-state index contributed by atoms with van der Waals surface area (Å²) < 4.78 is 5.98. The van der Waals surface area contributed by atoms with Gasteiger partial charge in [-0.3, -0.25) is 4.90 Å². The number of ether oxygens (including phenoxy) is 1. The van der Waals surface area contributed by atoms with Gasteiger partial charge >= 0.3 is 0 Å². The van der Waals surface area contributed by atoms with Crippen molar-refractivity contribution in [1.82, 2.24) is 4.90 Å². The Bertz CT molecular complexity index is 267. The summed E-state index contributed by atoms with van der Waals surface area (Å²) in [7, 11) is 0. The number of rotatable bonds is 5. The van der Waals surface area contributed by atoms with Crippen LogP contribution in [0.1, 0.15) is 52.9 Å². The van der Waals surface area contributed by atoms with Gasteiger partial charge in [0.1, 0.15) is 0 Å². The normalized spacial score (nSPS) is 38.6. The minimum Gasteiger partial charge on any atom is -0.375 e. The Morgan fingerprint density at radius 2 is 2.06 bits per heavy atom. The van der Waals surface area contributed by atoms with Crippen molar-refractivity contribution in [2.45, 2.75) is 70.1 Å². The molecule has 17 heavy (non-hydrogen) atoms. The van der Waals surface area contributed by atoms with Gasteiger partial charge < -0.3 is 10.5 Å². The average Bonchev–Trinajstić information content (AvgIpc) is 3.14. The number of nitrogens with two attached hydrogens (primary N) is 1. The second-order valence-electron chi connectivity index (χ2n) is 6.02. The zero-order valence-corrected chi connectivity index (χ0v) is 11.7. The van der Waals surface area contributed by atoms with E-state index in [4.69, 9.17) is 10.5 Å². The highest BCUT2D eigenvalue weighted by atomic mass is 16.5. The highest BCUT2D eigenvalue weighted by Crippen LogP contribution is 2.42. The molecule has 0 amide bonds. The van der Waals surface area contributed by atoms with Gasteiger partial charge in [-0.25, -0.2) is 0 Å². The van der Waals surface area contributed by atoms with Crippen molar-refractivity contribution < 1.29 is 4.74 Å². The summed E-state index contributed by atoms with van der Waals surface area (Å²) in [6.07, 6.45) is 6.00. The number of hydrogen-bond acceptors (Lipinski definition) is 3. The summed E-state index contributed by atoms with van der Waals surface area (Å²) in [6.45, 7) is 9.51. The van der Waals surface area contributed by atoms with Crippen LogP contribution in [-0.2, 0) is 4.74 Å². The van der Waals surface area contributed by atoms with Gasteiger partial charge in [-0.15, -0.1) is 0 Å². The lowest BCUT2D eigenvalue weighted by Crippen LogP contribution is -2.61. The van der Waals surface area contributed by atoms with Gasteiger partial charge in [0.2, 0.25) is 0 Å². The fraction of sp³-hybridized carbons (Fsp3) is 1.00. The van der Waals surface area contributed by atoms with Crippen molar-refractivity contribution >= 4 is 0 Å². The Morgan fingerprint density at radius 1 is 1.35 bits per heavy atom. The lowest BCUT2D eigenvalue weighted by molar-refractivity contribution is -0.130. The highest BCUT2D eigenvalue weighted by Gasteiger charge is 2.48. The molecule has 0 aromatic rings. The van der Waals surface area contributed by atoms with Crippen LogP contribution in [0.2, 0.25) is 0 Å². The Kier molecular flexibility index (Phi) is 3.81. The molecule has 1 saturated carbocycles. The molecule has 3 nitrogen and oxygen atoms in total. The fourth-order valence-corrected chi connectivity index (χ4v) is 3.45. The third kappa shape index (κ3) is 2.51. The van der Waals surface area contributed by atoms with Gasteiger partial charge in [-0.2, -0.15) is 0 Å². The van der Waals surface area contributed by atoms with Crippen molar-refractivity contribution in [3.63, 3.8) is 0 Å². The molecule has 1 aliphatic carbocycles. The monoisotopic (exact) mass is 240 g/mol. The molecule has 1 heterocycles. The maximum Gasteiger partial charge on any atom is 0.0670 e. The van der Waals surface area contributed by atoms with E-state index in [0.29, 0.717) is 0 Å². The smallest absolute Gasteiger partial charge is 0.0670 e. The molecule has 0 spiro atoms. The molecule has 0 aromatic heterocycles. The first kappa shape index (κ1) is 13.3. The Balaban J connectivity index is 2.17. The number of nitrogens with zero attached hydrogens (tertiary/aromatic N) is 1. The average molecular weight is 240 g/mol. The Labute approximate surface area is 106 Å². The molecule has 0 aromatic carbocycles. The molecule has 100 valence electrons. The number of likely N-dealkylation sites (N-methyl/N-ethyl adjacent to an activating group) is 1. The Hall–Kier alpha value is -0.120. The standard InChI is InChI=1S/C14H28N2O/c1-4-13(3)10-14(11-15,8-9-17-13)16(5-2)12-6-7-12/h12H,4-11,15H2,1-3H3. The molecule has 2 atom stereocenters. The van der Waals surface area contributed by atoms with E-state index in [1.54, 1.807) is 0 Å². The Morgan fingerprint density at radius 3 is 2.53 bits per heavy atom. The molecule has 1 saturated heterocycles. The van der Waals surface area contributed by atoms with Crippen LogP contribution >= 0.6 is 0 Å². The molecule has 2 N–H and O–H groups in total. The minimum atomic E-state index is 0.0277. The van der Waals surface area contributed by atoms with E-state index in [1.807, 2.05) is 0 Å². The summed E-state index contributed by atoms with van der Waals surface area (Å²) in [5, 5.41) is 0. The van der Waals surface area contributed by atoms with Crippen LogP contribution in [0, 0.1) is 0 Å². The molecule has 2 rings (SSSR count). The summed E-state index contributed by atoms with van der Waals surface area (Å²) in [4.78, 5) is 2.67. The number of hydrogen-bond donors (Lipinski definition) is 1. The van der Waals surface area contributed by atoms with E-state index < -0.39 is 0 Å². The van der Waals surface area contributed by atoms with Gasteiger partial charge in [-0.05, 0) is 45.6 Å². The molecule has 3 heteroatoms. The van der Waals surface area contributed by atoms with Crippen LogP contribution < -0.4 is 5.73 Å². The summed E-state index contributed by atoms with van der Waals surface area (Å²) in [6, 6.07) is 0.794. The van der Waals surface area contributed by atoms with Gasteiger partial charge in [0.15, 0.2) is 0 Å². The predicted octanol–water partition coefficient (Wildman–Crippen LogP) is 2.15. The SMILES string of the molecule is CCN(C1CC1)C1(CN)CCOC(C)(CC)C1. The molecule has 1 aliphatic heterocycles. The van der Waals surface area contributed by atoms with E-state index in [-0.39, 0.29) is 11.1 Å². The van der Waals surface area contributed by atoms with Crippen LogP contribution in [-0.4, -0.2) is 41.8 Å². The molecule has 2 unspecified atom stereocenters. The van der Waals surface area contributed by atoms with Crippen LogP contribution in [0.5, 0.6) is 0 Å². The second kappa shape index (κ2) is 4.87. The quantitative estimate of drug-likeness (QED) is 0.800. The van der Waals surface area contributed by atoms with E-state index in [2.05, 4.69) is 25.7 Å². The molecular formula is C14H28N2O. The summed E-state index contributed by atoms with van der Waals surface area (Å²) in [5.74, 6) is 0. The molecule has 0 bridgehead atoms. The van der Waals surface area contributed by atoms with Gasteiger partial charge in [-0.1, -0.05) is 13.8 Å². The van der Waals surface area contributed by atoms with Crippen molar-refractivity contribution in [3.8, 4) is 0 Å². The highest BCUT2D eigenvalue weighted by molar-refractivity contribution is 5.04. The first-order chi connectivity index (χ1) is 8.09. The van der Waals surface area contributed by atoms with Gasteiger partial charge in [0, 0.05) is 24.7 Å². The van der Waals surface area contributed by atoms with Crippen LogP contribution in [0.15, 0.2) is 0 Å². The van der Waals surface area contributed by atoms with E-state index in [9.17, 15) is 0 Å². The van der Waals surface area contributed by atoms with Crippen LogP contribution in [0.4, 0.5) is 0 Å². The maximum atomic E-state index is 6.16. The fourth-order valence-electron chi connectivity index (χ4n) is 3.45. The lowest BCUT2D eigenvalue weighted by Gasteiger charge is -2.51. The molecule has 2 fully saturated rings. The molecule has 0 radical (unpaired) electrons. The third-order valence-electron chi connectivity index (χ3n) is 4.79. The zero-order valence-electron chi connectivity index (χ0n) is 11.7. The largest absolute Gasteiger partial charge is 0.375 e. The third-order valence-corrected chi connectivity index (χ3v) is 4.79. The second-order valence-corrected chi connectivity index (χ2v) is 6.02. The zero-order chi connectivity index (χ0) is 12.5. The van der Waals surface area contributed by atoms with Crippen molar-refractivity contribution in [2.75, 3.05) is 19.7 Å². The maximum absolute atomic E-state index is 6.16. The van der Waals surface area contributed by atoms with Crippen LogP contribution in [0.25, 0.3) is 0 Å². The van der Waals surface area contributed by atoms with Crippen molar-refractivity contribution in [2.24, 2.45) is 5.73 Å². The summed E-state index contributed by atoms with van der Waals surface area (Å²) >= 11 is 0. The van der Waals surface area contributed by atoms with E-state index in [0.717, 1.165) is 45.0 Å². The van der Waals surface area contributed by atoms with E-state index >= 15 is 0 Å². The van der Waals surface area contributed by atoms with E-state index in [1.165, 1.54) is 12.8 Å². The van der Waals surface area contributed by atoms with Crippen LogP contribution in [0.3, 0.4) is 0 Å². The summed E-state index contributed by atoms with van der Waals surface area (Å²) in [5.41, 5.74) is 6.38. The predicted molar refractivity (Wildman–Crippen MR) is 71.1 cm³/mol. The topological polar surface area (TPSA) is 38.5 Å². The van der Waals surface area contributed by atoms with Gasteiger partial charge in [0.05, 0.1) is 5.60 Å². The van der Waals surface area contributed by atoms with Crippen molar-refractivity contribution in [3.05, 3.63) is 0 Å².